The molecule has 0 aliphatic carbocycles. The van der Waals surface area contributed by atoms with Gasteiger partial charge < -0.3 is 13.6 Å². The zero-order valence-electron chi connectivity index (χ0n) is 22.7. The monoisotopic (exact) mass is 548 g/mol. The SMILES string of the molecule is N#Cc1cc(C#N)c(-n2c3ccccc3c3ccccc32)c(-n2c3ccccc3c3c4oc5ccccc5c4ccc32)c1. The zero-order chi connectivity index (χ0) is 28.7. The largest absolute Gasteiger partial charge is 0.455 e. The Kier molecular flexibility index (Phi) is 4.68. The highest BCUT2D eigenvalue weighted by Crippen LogP contribution is 2.43. The fourth-order valence-electron chi connectivity index (χ4n) is 6.83. The minimum absolute atomic E-state index is 0.423. The van der Waals surface area contributed by atoms with Crippen LogP contribution in [0.1, 0.15) is 11.1 Å². The van der Waals surface area contributed by atoms with Gasteiger partial charge in [-0.25, -0.2) is 0 Å². The van der Waals surface area contributed by atoms with Gasteiger partial charge in [-0.2, -0.15) is 10.5 Å². The molecule has 0 bridgehead atoms. The van der Waals surface area contributed by atoms with E-state index in [0.717, 1.165) is 76.9 Å². The maximum absolute atomic E-state index is 10.6. The quantitative estimate of drug-likeness (QED) is 0.216. The van der Waals surface area contributed by atoms with Crippen LogP contribution in [0.2, 0.25) is 0 Å². The number of para-hydroxylation sites is 4. The Hall–Kier alpha value is -6.30. The van der Waals surface area contributed by atoms with Crippen LogP contribution in [0, 0.1) is 22.7 Å². The van der Waals surface area contributed by atoms with Gasteiger partial charge in [0.05, 0.1) is 56.0 Å². The van der Waals surface area contributed by atoms with Crippen molar-refractivity contribution in [3.8, 4) is 23.5 Å². The maximum Gasteiger partial charge on any atom is 0.145 e. The summed E-state index contributed by atoms with van der Waals surface area (Å²) in [5.74, 6) is 0. The van der Waals surface area contributed by atoms with E-state index in [9.17, 15) is 10.5 Å². The molecule has 0 fully saturated rings. The Morgan fingerprint density at radius 2 is 1.12 bits per heavy atom. The van der Waals surface area contributed by atoms with E-state index in [1.165, 1.54) is 0 Å². The van der Waals surface area contributed by atoms with Crippen LogP contribution >= 0.6 is 0 Å². The molecule has 0 unspecified atom stereocenters. The van der Waals surface area contributed by atoms with E-state index in [0.29, 0.717) is 11.1 Å². The van der Waals surface area contributed by atoms with Crippen LogP contribution in [0.15, 0.2) is 126 Å². The van der Waals surface area contributed by atoms with Gasteiger partial charge in [-0.1, -0.05) is 72.8 Å². The summed E-state index contributed by atoms with van der Waals surface area (Å²) in [5, 5.41) is 27.0. The van der Waals surface area contributed by atoms with Gasteiger partial charge in [0.2, 0.25) is 0 Å². The fourth-order valence-corrected chi connectivity index (χ4v) is 6.83. The fraction of sp³-hybridized carbons (Fsp3) is 0. The molecule has 0 aliphatic rings. The van der Waals surface area contributed by atoms with Crippen molar-refractivity contribution in [3.63, 3.8) is 0 Å². The number of benzene rings is 6. The van der Waals surface area contributed by atoms with Crippen molar-refractivity contribution in [1.82, 2.24) is 9.13 Å². The lowest BCUT2D eigenvalue weighted by Gasteiger charge is -2.18. The van der Waals surface area contributed by atoms with Crippen LogP contribution < -0.4 is 0 Å². The lowest BCUT2D eigenvalue weighted by Crippen LogP contribution is -2.07. The number of nitrogens with zero attached hydrogens (tertiary/aromatic N) is 4. The molecule has 3 aromatic heterocycles. The molecule has 0 N–H and O–H groups in total. The summed E-state index contributed by atoms with van der Waals surface area (Å²) in [7, 11) is 0. The van der Waals surface area contributed by atoms with Crippen molar-refractivity contribution in [2.45, 2.75) is 0 Å². The molecule has 3 heterocycles. The van der Waals surface area contributed by atoms with Crippen LogP contribution in [0.3, 0.4) is 0 Å². The standard InChI is InChI=1S/C38H20N4O/c39-21-23-19-24(22-40)37(42-30-13-5-1-9-25(30)26-10-2-6-14-31(26)42)34(20-23)41-32-15-7-3-12-29(32)36-33(41)18-17-28-27-11-4-8-16-35(27)43-38(28)36/h1-20H. The van der Waals surface area contributed by atoms with Crippen molar-refractivity contribution in [2.24, 2.45) is 0 Å². The molecule has 0 saturated carbocycles. The summed E-state index contributed by atoms with van der Waals surface area (Å²) < 4.78 is 10.9. The molecule has 9 rings (SSSR count). The van der Waals surface area contributed by atoms with Gasteiger partial charge in [-0.05, 0) is 48.5 Å². The predicted octanol–water partition coefficient (Wildman–Crippen LogP) is 9.52. The van der Waals surface area contributed by atoms with Crippen molar-refractivity contribution >= 4 is 65.6 Å². The van der Waals surface area contributed by atoms with Gasteiger partial charge in [0.1, 0.15) is 17.2 Å². The van der Waals surface area contributed by atoms with Crippen LogP contribution in [0.4, 0.5) is 0 Å². The van der Waals surface area contributed by atoms with Gasteiger partial charge in [0.15, 0.2) is 0 Å². The number of fused-ring (bicyclic) bond motifs is 10. The van der Waals surface area contributed by atoms with Crippen molar-refractivity contribution in [3.05, 3.63) is 132 Å². The second kappa shape index (κ2) is 8.60. The lowest BCUT2D eigenvalue weighted by molar-refractivity contribution is 0.673. The highest BCUT2D eigenvalue weighted by molar-refractivity contribution is 6.24. The molecule has 6 aromatic carbocycles. The molecular formula is C38H20N4O. The molecule has 43 heavy (non-hydrogen) atoms. The predicted molar refractivity (Wildman–Crippen MR) is 172 cm³/mol. The van der Waals surface area contributed by atoms with E-state index in [1.54, 1.807) is 6.07 Å². The summed E-state index contributed by atoms with van der Waals surface area (Å²) in [6.07, 6.45) is 0. The minimum Gasteiger partial charge on any atom is -0.455 e. The van der Waals surface area contributed by atoms with E-state index in [4.69, 9.17) is 4.42 Å². The van der Waals surface area contributed by atoms with Crippen LogP contribution in [-0.4, -0.2) is 9.13 Å². The van der Waals surface area contributed by atoms with Crippen LogP contribution in [0.5, 0.6) is 0 Å². The molecule has 5 heteroatoms. The van der Waals surface area contributed by atoms with Crippen molar-refractivity contribution in [2.75, 3.05) is 0 Å². The summed E-state index contributed by atoms with van der Waals surface area (Å²) in [6, 6.07) is 45.4. The number of aromatic nitrogens is 2. The second-order valence-electron chi connectivity index (χ2n) is 10.8. The molecule has 9 aromatic rings. The van der Waals surface area contributed by atoms with Gasteiger partial charge in [-0.3, -0.25) is 0 Å². The highest BCUT2D eigenvalue weighted by Gasteiger charge is 2.24. The normalized spacial score (nSPS) is 11.7. The van der Waals surface area contributed by atoms with Crippen LogP contribution in [0.25, 0.3) is 76.9 Å². The third kappa shape index (κ3) is 3.08. The smallest absolute Gasteiger partial charge is 0.145 e. The molecule has 0 saturated heterocycles. The number of furan rings is 1. The van der Waals surface area contributed by atoms with E-state index in [-0.39, 0.29) is 0 Å². The minimum atomic E-state index is 0.423. The number of nitriles is 2. The molecular weight excluding hydrogens is 528 g/mol. The first-order valence-electron chi connectivity index (χ1n) is 14.1. The number of hydrogen-bond acceptors (Lipinski definition) is 3. The van der Waals surface area contributed by atoms with Gasteiger partial charge in [-0.15, -0.1) is 0 Å². The molecule has 0 spiro atoms. The topological polar surface area (TPSA) is 70.6 Å². The van der Waals surface area contributed by atoms with Gasteiger partial charge >= 0.3 is 0 Å². The molecule has 0 amide bonds. The summed E-state index contributed by atoms with van der Waals surface area (Å²) in [5.41, 5.74) is 7.88. The van der Waals surface area contributed by atoms with Crippen molar-refractivity contribution in [1.29, 1.82) is 10.5 Å². The molecule has 0 radical (unpaired) electrons. The Balaban J connectivity index is 1.51. The Labute approximate surface area is 245 Å². The first kappa shape index (κ1) is 23.4. The summed E-state index contributed by atoms with van der Waals surface area (Å²) >= 11 is 0. The maximum atomic E-state index is 10.6. The zero-order valence-corrected chi connectivity index (χ0v) is 22.7. The molecule has 0 aliphatic heterocycles. The van der Waals surface area contributed by atoms with E-state index < -0.39 is 0 Å². The first-order chi connectivity index (χ1) is 21.3. The van der Waals surface area contributed by atoms with E-state index in [1.807, 2.05) is 60.7 Å². The molecule has 198 valence electrons. The molecule has 5 nitrogen and oxygen atoms in total. The lowest BCUT2D eigenvalue weighted by atomic mass is 10.1. The van der Waals surface area contributed by atoms with Gasteiger partial charge in [0, 0.05) is 26.9 Å². The second-order valence-corrected chi connectivity index (χ2v) is 10.8. The average molecular weight is 549 g/mol. The summed E-state index contributed by atoms with van der Waals surface area (Å²) in [6.45, 7) is 0. The number of rotatable bonds is 2. The Bertz CT molecular complexity index is 2650. The number of hydrogen-bond donors (Lipinski definition) is 0. The first-order valence-corrected chi connectivity index (χ1v) is 14.1. The highest BCUT2D eigenvalue weighted by atomic mass is 16.3. The van der Waals surface area contributed by atoms with Crippen molar-refractivity contribution < 1.29 is 4.42 Å². The summed E-state index contributed by atoms with van der Waals surface area (Å²) in [4.78, 5) is 0. The average Bonchev–Trinajstić information content (AvgIpc) is 3.72. The Morgan fingerprint density at radius 3 is 1.79 bits per heavy atom. The van der Waals surface area contributed by atoms with E-state index >= 15 is 0 Å². The third-order valence-corrected chi connectivity index (χ3v) is 8.56. The van der Waals surface area contributed by atoms with E-state index in [2.05, 4.69) is 75.9 Å². The van der Waals surface area contributed by atoms with Gasteiger partial charge in [0.25, 0.3) is 0 Å². The molecule has 0 atom stereocenters. The third-order valence-electron chi connectivity index (χ3n) is 8.56. The van der Waals surface area contributed by atoms with Crippen LogP contribution in [-0.2, 0) is 0 Å². The Morgan fingerprint density at radius 1 is 0.512 bits per heavy atom.